The van der Waals surface area contributed by atoms with Crippen LogP contribution in [0.2, 0.25) is 0 Å². The van der Waals surface area contributed by atoms with Gasteiger partial charge < -0.3 is 10.1 Å². The second-order valence-corrected chi connectivity index (χ2v) is 3.17. The van der Waals surface area contributed by atoms with E-state index >= 15 is 0 Å². The van der Waals surface area contributed by atoms with Crippen LogP contribution in [0.1, 0.15) is 18.9 Å². The van der Waals surface area contributed by atoms with Gasteiger partial charge in [0.1, 0.15) is 5.82 Å². The topological polar surface area (TPSA) is 38.3 Å². The second-order valence-electron chi connectivity index (χ2n) is 3.17. The molecule has 0 heterocycles. The summed E-state index contributed by atoms with van der Waals surface area (Å²) in [6.07, 6.45) is 0.271. The largest absolute Gasteiger partial charge is 0.494 e. The van der Waals surface area contributed by atoms with E-state index in [0.29, 0.717) is 0 Å². The van der Waals surface area contributed by atoms with Crippen molar-refractivity contribution >= 4 is 5.91 Å². The molecule has 0 bridgehead atoms. The molecule has 1 aromatic carbocycles. The van der Waals surface area contributed by atoms with Crippen LogP contribution in [0.15, 0.2) is 12.1 Å². The predicted octanol–water partition coefficient (Wildman–Crippen LogP) is 2.00. The van der Waals surface area contributed by atoms with E-state index in [4.69, 9.17) is 4.74 Å². The summed E-state index contributed by atoms with van der Waals surface area (Å²) >= 11 is 0. The van der Waals surface area contributed by atoms with Crippen molar-refractivity contribution in [3.63, 3.8) is 0 Å². The summed E-state index contributed by atoms with van der Waals surface area (Å²) in [6.45, 7) is 1.48. The fourth-order valence-corrected chi connectivity index (χ4v) is 1.21. The lowest BCUT2D eigenvalue weighted by Gasteiger charge is -2.09. The van der Waals surface area contributed by atoms with Gasteiger partial charge in [-0.25, -0.2) is 8.78 Å². The van der Waals surface area contributed by atoms with E-state index in [9.17, 15) is 13.6 Å². The van der Waals surface area contributed by atoms with Crippen molar-refractivity contribution in [1.29, 1.82) is 0 Å². The summed E-state index contributed by atoms with van der Waals surface area (Å²) < 4.78 is 31.6. The van der Waals surface area contributed by atoms with Crippen LogP contribution in [0.3, 0.4) is 0 Å². The Kier molecular flexibility index (Phi) is 4.22. The van der Waals surface area contributed by atoms with Gasteiger partial charge in [0.2, 0.25) is 5.91 Å². The smallest absolute Gasteiger partial charge is 0.219 e. The lowest BCUT2D eigenvalue weighted by molar-refractivity contribution is -0.120. The molecule has 0 atom stereocenters. The SMILES string of the molecule is CCC(=O)NCc1c(F)ccc(OC)c1F. The van der Waals surface area contributed by atoms with Gasteiger partial charge in [0, 0.05) is 18.5 Å². The summed E-state index contributed by atoms with van der Waals surface area (Å²) in [5, 5.41) is 2.41. The molecular formula is C11H13F2NO2. The van der Waals surface area contributed by atoms with Gasteiger partial charge in [-0.1, -0.05) is 6.92 Å². The van der Waals surface area contributed by atoms with Gasteiger partial charge in [-0.15, -0.1) is 0 Å². The molecule has 0 saturated heterocycles. The maximum Gasteiger partial charge on any atom is 0.219 e. The zero-order valence-corrected chi connectivity index (χ0v) is 9.14. The van der Waals surface area contributed by atoms with Crippen molar-refractivity contribution in [2.24, 2.45) is 0 Å². The summed E-state index contributed by atoms with van der Waals surface area (Å²) in [5.41, 5.74) is -0.193. The summed E-state index contributed by atoms with van der Waals surface area (Å²) in [6, 6.07) is 2.31. The number of rotatable bonds is 4. The molecule has 0 aromatic heterocycles. The normalized spacial score (nSPS) is 10.0. The van der Waals surface area contributed by atoms with Crippen LogP contribution in [0.5, 0.6) is 5.75 Å². The number of carbonyl (C=O) groups is 1. The zero-order valence-electron chi connectivity index (χ0n) is 9.14. The maximum absolute atomic E-state index is 13.6. The summed E-state index contributed by atoms with van der Waals surface area (Å²) in [7, 11) is 1.30. The Bertz CT molecular complexity index is 394. The van der Waals surface area contributed by atoms with E-state index in [2.05, 4.69) is 5.32 Å². The first-order valence-corrected chi connectivity index (χ1v) is 4.87. The molecule has 0 aliphatic carbocycles. The van der Waals surface area contributed by atoms with Crippen LogP contribution in [-0.2, 0) is 11.3 Å². The first kappa shape index (κ1) is 12.4. The molecule has 0 unspecified atom stereocenters. The van der Waals surface area contributed by atoms with E-state index in [-0.39, 0.29) is 30.2 Å². The van der Waals surface area contributed by atoms with E-state index in [1.54, 1.807) is 6.92 Å². The fourth-order valence-electron chi connectivity index (χ4n) is 1.21. The molecule has 1 amide bonds. The number of carbonyl (C=O) groups excluding carboxylic acids is 1. The predicted molar refractivity (Wildman–Crippen MR) is 55.0 cm³/mol. The van der Waals surface area contributed by atoms with Gasteiger partial charge in [0.05, 0.1) is 7.11 Å². The molecule has 0 aliphatic heterocycles. The van der Waals surface area contributed by atoms with Crippen LogP contribution in [-0.4, -0.2) is 13.0 Å². The van der Waals surface area contributed by atoms with E-state index in [0.717, 1.165) is 6.07 Å². The van der Waals surface area contributed by atoms with Gasteiger partial charge >= 0.3 is 0 Å². The molecule has 1 aromatic rings. The molecule has 0 aliphatic rings. The molecule has 5 heteroatoms. The van der Waals surface area contributed by atoms with E-state index < -0.39 is 11.6 Å². The first-order chi connectivity index (χ1) is 7.60. The minimum Gasteiger partial charge on any atom is -0.494 e. The maximum atomic E-state index is 13.6. The Labute approximate surface area is 92.4 Å². The number of hydrogen-bond acceptors (Lipinski definition) is 2. The molecule has 1 rings (SSSR count). The molecule has 0 saturated carbocycles. The first-order valence-electron chi connectivity index (χ1n) is 4.87. The average Bonchev–Trinajstić information content (AvgIpc) is 2.28. The van der Waals surface area contributed by atoms with Crippen molar-refractivity contribution in [1.82, 2.24) is 5.32 Å². The minimum atomic E-state index is -0.779. The lowest BCUT2D eigenvalue weighted by Crippen LogP contribution is -2.22. The quantitative estimate of drug-likeness (QED) is 0.857. The monoisotopic (exact) mass is 229 g/mol. The molecule has 1 N–H and O–H groups in total. The fraction of sp³-hybridized carbons (Fsp3) is 0.364. The van der Waals surface area contributed by atoms with Crippen molar-refractivity contribution < 1.29 is 18.3 Å². The minimum absolute atomic E-state index is 0.0397. The number of benzene rings is 1. The third kappa shape index (κ3) is 2.68. The van der Waals surface area contributed by atoms with E-state index in [1.165, 1.54) is 13.2 Å². The Balaban J connectivity index is 2.89. The highest BCUT2D eigenvalue weighted by molar-refractivity contribution is 5.75. The van der Waals surface area contributed by atoms with Gasteiger partial charge in [-0.05, 0) is 12.1 Å². The lowest BCUT2D eigenvalue weighted by atomic mass is 10.2. The van der Waals surface area contributed by atoms with Gasteiger partial charge in [-0.2, -0.15) is 0 Å². The Morgan fingerprint density at radius 1 is 1.44 bits per heavy atom. The molecule has 0 radical (unpaired) electrons. The highest BCUT2D eigenvalue weighted by Gasteiger charge is 2.14. The third-order valence-corrected chi connectivity index (χ3v) is 2.15. The number of methoxy groups -OCH3 is 1. The molecule has 88 valence electrons. The molecule has 0 fully saturated rings. The Hall–Kier alpha value is -1.65. The van der Waals surface area contributed by atoms with Gasteiger partial charge in [0.15, 0.2) is 11.6 Å². The van der Waals surface area contributed by atoms with Crippen LogP contribution in [0.4, 0.5) is 8.78 Å². The van der Waals surface area contributed by atoms with Crippen LogP contribution >= 0.6 is 0 Å². The number of amides is 1. The molecule has 0 spiro atoms. The van der Waals surface area contributed by atoms with Gasteiger partial charge in [0.25, 0.3) is 0 Å². The number of hydrogen-bond donors (Lipinski definition) is 1. The number of nitrogens with one attached hydrogen (secondary N) is 1. The Morgan fingerprint density at radius 3 is 2.69 bits per heavy atom. The highest BCUT2D eigenvalue weighted by Crippen LogP contribution is 2.22. The summed E-state index contributed by atoms with van der Waals surface area (Å²) in [5.74, 6) is -1.78. The number of ether oxygens (including phenoxy) is 1. The third-order valence-electron chi connectivity index (χ3n) is 2.15. The molecule has 16 heavy (non-hydrogen) atoms. The van der Waals surface area contributed by atoms with Crippen LogP contribution in [0.25, 0.3) is 0 Å². The van der Waals surface area contributed by atoms with Gasteiger partial charge in [-0.3, -0.25) is 4.79 Å². The molecule has 3 nitrogen and oxygen atoms in total. The average molecular weight is 229 g/mol. The summed E-state index contributed by atoms with van der Waals surface area (Å²) in [4.78, 5) is 11.0. The van der Waals surface area contributed by atoms with Crippen molar-refractivity contribution in [2.45, 2.75) is 19.9 Å². The Morgan fingerprint density at radius 2 is 2.12 bits per heavy atom. The molecular weight excluding hydrogens is 216 g/mol. The highest BCUT2D eigenvalue weighted by atomic mass is 19.1. The number of halogens is 2. The van der Waals surface area contributed by atoms with Crippen molar-refractivity contribution in [2.75, 3.05) is 7.11 Å². The van der Waals surface area contributed by atoms with Crippen molar-refractivity contribution in [3.8, 4) is 5.75 Å². The second kappa shape index (κ2) is 5.44. The van der Waals surface area contributed by atoms with Crippen LogP contribution < -0.4 is 10.1 Å². The van der Waals surface area contributed by atoms with Crippen molar-refractivity contribution in [3.05, 3.63) is 29.3 Å². The van der Waals surface area contributed by atoms with Crippen LogP contribution in [0, 0.1) is 11.6 Å². The standard InChI is InChI=1S/C11H13F2NO2/c1-3-10(15)14-6-7-8(12)4-5-9(16-2)11(7)13/h4-5H,3,6H2,1-2H3,(H,14,15). The van der Waals surface area contributed by atoms with E-state index in [1.807, 2.05) is 0 Å². The zero-order chi connectivity index (χ0) is 12.1.